The average Bonchev–Trinajstić information content (AvgIpc) is 2.65. The molecule has 0 aliphatic carbocycles. The molecule has 0 aliphatic heterocycles. The van der Waals surface area contributed by atoms with Crippen LogP contribution in [0.15, 0.2) is 35.7 Å². The first kappa shape index (κ1) is 9.44. The second-order valence-electron chi connectivity index (χ2n) is 2.84. The normalized spacial score (nSPS) is 10.1. The smallest absolute Gasteiger partial charge is 0.150 e. The van der Waals surface area contributed by atoms with Crippen molar-refractivity contribution < 1.29 is 4.79 Å². The van der Waals surface area contributed by atoms with Crippen LogP contribution < -0.4 is 0 Å². The lowest BCUT2D eigenvalue weighted by molar-refractivity contribution is 0.112. The topological polar surface area (TPSA) is 17.1 Å². The number of rotatable bonds is 2. The highest BCUT2D eigenvalue weighted by atomic mass is 35.5. The Hall–Kier alpha value is -1.12. The van der Waals surface area contributed by atoms with Crippen molar-refractivity contribution in [2.45, 2.75) is 0 Å². The van der Waals surface area contributed by atoms with Crippen molar-refractivity contribution in [2.75, 3.05) is 0 Å². The molecule has 0 radical (unpaired) electrons. The van der Waals surface area contributed by atoms with E-state index in [1.807, 2.05) is 23.6 Å². The molecule has 0 amide bonds. The first-order valence-electron chi connectivity index (χ1n) is 4.10. The van der Waals surface area contributed by atoms with Gasteiger partial charge < -0.3 is 0 Å². The summed E-state index contributed by atoms with van der Waals surface area (Å²) in [6.45, 7) is 0. The van der Waals surface area contributed by atoms with E-state index >= 15 is 0 Å². The van der Waals surface area contributed by atoms with Crippen molar-refractivity contribution in [3.63, 3.8) is 0 Å². The number of thiophene rings is 1. The minimum atomic E-state index is 0.682. The molecule has 0 atom stereocenters. The highest BCUT2D eigenvalue weighted by Crippen LogP contribution is 2.32. The van der Waals surface area contributed by atoms with E-state index < -0.39 is 0 Å². The molecule has 0 bridgehead atoms. The van der Waals surface area contributed by atoms with Gasteiger partial charge in [0.15, 0.2) is 0 Å². The second-order valence-corrected chi connectivity index (χ2v) is 4.16. The number of benzene rings is 1. The van der Waals surface area contributed by atoms with Gasteiger partial charge in [-0.3, -0.25) is 4.79 Å². The minimum Gasteiger partial charge on any atom is -0.298 e. The molecule has 0 saturated carbocycles. The maximum atomic E-state index is 10.4. The zero-order chi connectivity index (χ0) is 9.97. The molecule has 1 aromatic heterocycles. The largest absolute Gasteiger partial charge is 0.298 e. The molecule has 0 aliphatic rings. The number of hydrogen-bond acceptors (Lipinski definition) is 2. The van der Waals surface area contributed by atoms with E-state index in [2.05, 4.69) is 0 Å². The quantitative estimate of drug-likeness (QED) is 0.705. The van der Waals surface area contributed by atoms with Crippen molar-refractivity contribution in [2.24, 2.45) is 0 Å². The Kier molecular flexibility index (Phi) is 2.66. The Bertz CT molecular complexity index is 445. The van der Waals surface area contributed by atoms with Crippen LogP contribution in [-0.2, 0) is 0 Å². The first-order chi connectivity index (χ1) is 6.81. The zero-order valence-corrected chi connectivity index (χ0v) is 8.81. The highest BCUT2D eigenvalue weighted by molar-refractivity contribution is 7.14. The minimum absolute atomic E-state index is 0.682. The van der Waals surface area contributed by atoms with Crippen molar-refractivity contribution in [1.82, 2.24) is 0 Å². The summed E-state index contributed by atoms with van der Waals surface area (Å²) in [6.07, 6.45) is 0.833. The van der Waals surface area contributed by atoms with Gasteiger partial charge in [-0.15, -0.1) is 11.3 Å². The summed E-state index contributed by atoms with van der Waals surface area (Å²) in [7, 11) is 0. The summed E-state index contributed by atoms with van der Waals surface area (Å²) in [5.74, 6) is 0. The number of halogens is 1. The third-order valence-electron chi connectivity index (χ3n) is 1.93. The number of carbonyl (C=O) groups is 1. The van der Waals surface area contributed by atoms with Gasteiger partial charge in [0.05, 0.1) is 9.90 Å². The average molecular weight is 223 g/mol. The SMILES string of the molecule is O=Cc1ccc(-c2sccc2Cl)cc1. The monoisotopic (exact) mass is 222 g/mol. The fourth-order valence-corrected chi connectivity index (χ4v) is 2.39. The van der Waals surface area contributed by atoms with Crippen molar-refractivity contribution >= 4 is 29.2 Å². The molecule has 1 nitrogen and oxygen atoms in total. The third-order valence-corrected chi connectivity index (χ3v) is 3.32. The van der Waals surface area contributed by atoms with Gasteiger partial charge in [-0.25, -0.2) is 0 Å². The second kappa shape index (κ2) is 3.95. The number of carbonyl (C=O) groups excluding carboxylic acids is 1. The van der Waals surface area contributed by atoms with E-state index in [1.165, 1.54) is 0 Å². The number of aldehydes is 1. The van der Waals surface area contributed by atoms with Gasteiger partial charge in [0.25, 0.3) is 0 Å². The maximum Gasteiger partial charge on any atom is 0.150 e. The van der Waals surface area contributed by atoms with Crippen LogP contribution in [0, 0.1) is 0 Å². The molecule has 14 heavy (non-hydrogen) atoms. The van der Waals surface area contributed by atoms with Crippen LogP contribution in [-0.4, -0.2) is 6.29 Å². The summed E-state index contributed by atoms with van der Waals surface area (Å²) in [4.78, 5) is 11.5. The summed E-state index contributed by atoms with van der Waals surface area (Å²) in [6, 6.07) is 9.26. The molecule has 2 aromatic rings. The van der Waals surface area contributed by atoms with Gasteiger partial charge in [0.2, 0.25) is 0 Å². The predicted octanol–water partition coefficient (Wildman–Crippen LogP) is 3.88. The van der Waals surface area contributed by atoms with E-state index in [4.69, 9.17) is 11.6 Å². The molecule has 1 heterocycles. The lowest BCUT2D eigenvalue weighted by Gasteiger charge is -1.98. The fourth-order valence-electron chi connectivity index (χ4n) is 1.21. The molecule has 2 rings (SSSR count). The van der Waals surface area contributed by atoms with Crippen LogP contribution >= 0.6 is 22.9 Å². The summed E-state index contributed by atoms with van der Waals surface area (Å²) >= 11 is 7.58. The Morgan fingerprint density at radius 2 is 1.86 bits per heavy atom. The van der Waals surface area contributed by atoms with Crippen LogP contribution in [0.1, 0.15) is 10.4 Å². The summed E-state index contributed by atoms with van der Waals surface area (Å²) in [5, 5.41) is 2.71. The van der Waals surface area contributed by atoms with Crippen LogP contribution in [0.25, 0.3) is 10.4 Å². The molecular formula is C11H7ClOS. The van der Waals surface area contributed by atoms with E-state index in [-0.39, 0.29) is 0 Å². The lowest BCUT2D eigenvalue weighted by atomic mass is 10.1. The Balaban J connectivity index is 2.43. The number of hydrogen-bond donors (Lipinski definition) is 0. The molecule has 3 heteroatoms. The van der Waals surface area contributed by atoms with Gasteiger partial charge >= 0.3 is 0 Å². The van der Waals surface area contributed by atoms with Gasteiger partial charge in [-0.2, -0.15) is 0 Å². The Morgan fingerprint density at radius 3 is 2.36 bits per heavy atom. The standard InChI is InChI=1S/C11H7ClOS/c12-10-5-6-14-11(10)9-3-1-8(7-13)2-4-9/h1-7H. The van der Waals surface area contributed by atoms with Crippen LogP contribution in [0.4, 0.5) is 0 Å². The lowest BCUT2D eigenvalue weighted by Crippen LogP contribution is -1.78. The first-order valence-corrected chi connectivity index (χ1v) is 5.35. The van der Waals surface area contributed by atoms with Gasteiger partial charge in [-0.05, 0) is 17.0 Å². The Labute approximate surface area is 91.0 Å². The predicted molar refractivity (Wildman–Crippen MR) is 60.2 cm³/mol. The molecule has 1 aromatic carbocycles. The Morgan fingerprint density at radius 1 is 1.14 bits per heavy atom. The fraction of sp³-hybridized carbons (Fsp3) is 0. The third kappa shape index (κ3) is 1.72. The molecular weight excluding hydrogens is 216 g/mol. The van der Waals surface area contributed by atoms with Gasteiger partial charge in [0, 0.05) is 5.56 Å². The molecule has 0 unspecified atom stereocenters. The molecule has 0 spiro atoms. The van der Waals surface area contributed by atoms with Crippen LogP contribution in [0.5, 0.6) is 0 Å². The summed E-state index contributed by atoms with van der Waals surface area (Å²) in [5.41, 5.74) is 1.73. The van der Waals surface area contributed by atoms with Gasteiger partial charge in [0.1, 0.15) is 6.29 Å². The van der Waals surface area contributed by atoms with Crippen molar-refractivity contribution in [3.05, 3.63) is 46.3 Å². The molecule has 0 saturated heterocycles. The highest BCUT2D eigenvalue weighted by Gasteiger charge is 2.03. The zero-order valence-electron chi connectivity index (χ0n) is 7.24. The van der Waals surface area contributed by atoms with Crippen LogP contribution in [0.2, 0.25) is 5.02 Å². The van der Waals surface area contributed by atoms with E-state index in [0.717, 1.165) is 21.7 Å². The van der Waals surface area contributed by atoms with E-state index in [0.29, 0.717) is 5.56 Å². The molecule has 70 valence electrons. The maximum absolute atomic E-state index is 10.4. The summed E-state index contributed by atoms with van der Waals surface area (Å²) < 4.78 is 0. The van der Waals surface area contributed by atoms with E-state index in [9.17, 15) is 4.79 Å². The van der Waals surface area contributed by atoms with Crippen molar-refractivity contribution in [1.29, 1.82) is 0 Å². The van der Waals surface area contributed by atoms with E-state index in [1.54, 1.807) is 23.5 Å². The van der Waals surface area contributed by atoms with Crippen molar-refractivity contribution in [3.8, 4) is 10.4 Å². The molecule has 0 fully saturated rings. The molecule has 0 N–H and O–H groups in total. The van der Waals surface area contributed by atoms with Gasteiger partial charge in [-0.1, -0.05) is 35.9 Å². The van der Waals surface area contributed by atoms with Crippen LogP contribution in [0.3, 0.4) is 0 Å².